The molecular formula is C21H32N2O5. The lowest BCUT2D eigenvalue weighted by Gasteiger charge is -2.28. The van der Waals surface area contributed by atoms with Crippen LogP contribution in [-0.4, -0.2) is 61.5 Å². The summed E-state index contributed by atoms with van der Waals surface area (Å²) in [5.74, 6) is -0.439. The maximum atomic E-state index is 12.5. The van der Waals surface area contributed by atoms with Gasteiger partial charge in [-0.2, -0.15) is 0 Å². The molecule has 1 N–H and O–H groups in total. The Hall–Kier alpha value is -2.12. The molecule has 1 aliphatic rings. The summed E-state index contributed by atoms with van der Waals surface area (Å²) in [6.07, 6.45) is 0.640. The first-order valence-electron chi connectivity index (χ1n) is 9.84. The highest BCUT2D eigenvalue weighted by molar-refractivity contribution is 5.81. The predicted molar refractivity (Wildman–Crippen MR) is 106 cm³/mol. The first-order valence-corrected chi connectivity index (χ1v) is 9.84. The normalized spacial score (nSPS) is 16.2. The molecule has 1 fully saturated rings. The van der Waals surface area contributed by atoms with Gasteiger partial charge in [-0.3, -0.25) is 4.90 Å². The van der Waals surface area contributed by atoms with E-state index in [-0.39, 0.29) is 6.61 Å². The quantitative estimate of drug-likeness (QED) is 0.686. The fraction of sp³-hybridized carbons (Fsp3) is 0.619. The first-order chi connectivity index (χ1) is 13.3. The average molecular weight is 392 g/mol. The van der Waals surface area contributed by atoms with Crippen LogP contribution in [0.1, 0.15) is 39.2 Å². The van der Waals surface area contributed by atoms with Gasteiger partial charge in [0.05, 0.1) is 13.2 Å². The number of alkyl carbamates (subject to hydrolysis) is 1. The summed E-state index contributed by atoms with van der Waals surface area (Å²) in [7, 11) is 0. The molecule has 1 saturated heterocycles. The fourth-order valence-electron chi connectivity index (χ4n) is 2.87. The van der Waals surface area contributed by atoms with E-state index in [1.807, 2.05) is 51.1 Å². The lowest BCUT2D eigenvalue weighted by Crippen LogP contribution is -2.45. The third-order valence-corrected chi connectivity index (χ3v) is 4.27. The number of benzene rings is 1. The standard InChI is InChI=1S/C21H32N2O5/c1-21(2,3)28-19(24)18(10-7-11-23-12-14-26-15-13-23)22-20(25)27-16-17-8-5-4-6-9-17/h4-6,8-9,18H,7,10-16H2,1-3H3,(H,22,25)/t18-/m0/s1. The number of nitrogens with one attached hydrogen (secondary N) is 1. The number of nitrogens with zero attached hydrogens (tertiary/aromatic N) is 1. The van der Waals surface area contributed by atoms with Gasteiger partial charge in [-0.1, -0.05) is 30.3 Å². The van der Waals surface area contributed by atoms with Crippen LogP contribution in [0.5, 0.6) is 0 Å². The molecule has 0 bridgehead atoms. The summed E-state index contributed by atoms with van der Waals surface area (Å²) in [5.41, 5.74) is 0.272. The largest absolute Gasteiger partial charge is 0.458 e. The summed E-state index contributed by atoms with van der Waals surface area (Å²) >= 11 is 0. The number of rotatable bonds is 8. The number of morpholine rings is 1. The number of hydrogen-bond acceptors (Lipinski definition) is 6. The second kappa shape index (κ2) is 11.0. The average Bonchev–Trinajstić information content (AvgIpc) is 2.66. The number of carbonyl (C=O) groups excluding carboxylic acids is 2. The molecule has 28 heavy (non-hydrogen) atoms. The molecule has 0 unspecified atom stereocenters. The maximum Gasteiger partial charge on any atom is 0.408 e. The SMILES string of the molecule is CC(C)(C)OC(=O)[C@H](CCCN1CCOCC1)NC(=O)OCc1ccccc1. The highest BCUT2D eigenvalue weighted by Crippen LogP contribution is 2.12. The summed E-state index contributed by atoms with van der Waals surface area (Å²) in [5, 5.41) is 2.67. The number of esters is 1. The zero-order chi connectivity index (χ0) is 20.4. The van der Waals surface area contributed by atoms with Gasteiger partial charge in [-0.25, -0.2) is 9.59 Å². The molecule has 0 spiro atoms. The van der Waals surface area contributed by atoms with Crippen LogP contribution < -0.4 is 5.32 Å². The Balaban J connectivity index is 1.84. The van der Waals surface area contributed by atoms with Gasteiger partial charge >= 0.3 is 12.1 Å². The molecule has 0 aliphatic carbocycles. The molecule has 1 heterocycles. The topological polar surface area (TPSA) is 77.1 Å². The van der Waals surface area contributed by atoms with Crippen molar-refractivity contribution in [2.75, 3.05) is 32.8 Å². The van der Waals surface area contributed by atoms with Crippen LogP contribution in [0.3, 0.4) is 0 Å². The van der Waals surface area contributed by atoms with Crippen LogP contribution in [0.4, 0.5) is 4.79 Å². The van der Waals surface area contributed by atoms with E-state index in [1.165, 1.54) is 0 Å². The van der Waals surface area contributed by atoms with Gasteiger partial charge < -0.3 is 19.5 Å². The van der Waals surface area contributed by atoms with Crippen molar-refractivity contribution in [3.8, 4) is 0 Å². The van der Waals surface area contributed by atoms with Crippen LogP contribution in [0.15, 0.2) is 30.3 Å². The number of hydrogen-bond donors (Lipinski definition) is 1. The second-order valence-corrected chi connectivity index (χ2v) is 7.89. The van der Waals surface area contributed by atoms with Crippen molar-refractivity contribution in [1.82, 2.24) is 10.2 Å². The number of carbonyl (C=O) groups is 2. The van der Waals surface area contributed by atoms with Crippen molar-refractivity contribution in [3.05, 3.63) is 35.9 Å². The molecule has 7 nitrogen and oxygen atoms in total. The smallest absolute Gasteiger partial charge is 0.408 e. The van der Waals surface area contributed by atoms with Crippen LogP contribution >= 0.6 is 0 Å². The lowest BCUT2D eigenvalue weighted by molar-refractivity contribution is -0.157. The molecule has 0 radical (unpaired) electrons. The Morgan fingerprint density at radius 1 is 1.18 bits per heavy atom. The van der Waals surface area contributed by atoms with Crippen LogP contribution in [-0.2, 0) is 25.6 Å². The van der Waals surface area contributed by atoms with E-state index in [0.717, 1.165) is 44.8 Å². The molecule has 7 heteroatoms. The van der Waals surface area contributed by atoms with E-state index in [9.17, 15) is 9.59 Å². The molecule has 156 valence electrons. The van der Waals surface area contributed by atoms with Gasteiger partial charge in [-0.05, 0) is 45.7 Å². The van der Waals surface area contributed by atoms with Gasteiger partial charge in [0.25, 0.3) is 0 Å². The minimum Gasteiger partial charge on any atom is -0.458 e. The molecule has 1 aliphatic heterocycles. The van der Waals surface area contributed by atoms with E-state index in [4.69, 9.17) is 14.2 Å². The fourth-order valence-corrected chi connectivity index (χ4v) is 2.87. The van der Waals surface area contributed by atoms with Gasteiger partial charge in [0.15, 0.2) is 0 Å². The minimum atomic E-state index is -0.733. The zero-order valence-electron chi connectivity index (χ0n) is 17.1. The Morgan fingerprint density at radius 2 is 1.86 bits per heavy atom. The summed E-state index contributed by atoms with van der Waals surface area (Å²) in [4.78, 5) is 27.0. The maximum absolute atomic E-state index is 12.5. The third kappa shape index (κ3) is 8.71. The molecule has 1 atom stereocenters. The summed E-state index contributed by atoms with van der Waals surface area (Å²) in [6.45, 7) is 9.69. The van der Waals surface area contributed by atoms with Gasteiger partial charge in [-0.15, -0.1) is 0 Å². The molecule has 1 aromatic rings. The van der Waals surface area contributed by atoms with E-state index in [0.29, 0.717) is 6.42 Å². The number of amides is 1. The molecule has 0 aromatic heterocycles. The highest BCUT2D eigenvalue weighted by atomic mass is 16.6. The number of ether oxygens (including phenoxy) is 3. The summed E-state index contributed by atoms with van der Waals surface area (Å²) < 4.78 is 16.1. The minimum absolute atomic E-state index is 0.154. The van der Waals surface area contributed by atoms with E-state index in [2.05, 4.69) is 10.2 Å². The van der Waals surface area contributed by atoms with Crippen molar-refractivity contribution in [3.63, 3.8) is 0 Å². The van der Waals surface area contributed by atoms with E-state index >= 15 is 0 Å². The molecule has 0 saturated carbocycles. The Labute approximate surface area is 167 Å². The third-order valence-electron chi connectivity index (χ3n) is 4.27. The van der Waals surface area contributed by atoms with Gasteiger partial charge in [0.2, 0.25) is 0 Å². The van der Waals surface area contributed by atoms with Crippen molar-refractivity contribution in [2.24, 2.45) is 0 Å². The van der Waals surface area contributed by atoms with Crippen LogP contribution in [0.25, 0.3) is 0 Å². The second-order valence-electron chi connectivity index (χ2n) is 7.89. The Bertz CT molecular complexity index is 609. The Kier molecular flexibility index (Phi) is 8.73. The Morgan fingerprint density at radius 3 is 2.50 bits per heavy atom. The van der Waals surface area contributed by atoms with E-state index < -0.39 is 23.7 Å². The monoisotopic (exact) mass is 392 g/mol. The van der Waals surface area contributed by atoms with Gasteiger partial charge in [0.1, 0.15) is 18.2 Å². The van der Waals surface area contributed by atoms with Crippen molar-refractivity contribution in [2.45, 2.75) is 51.9 Å². The van der Waals surface area contributed by atoms with Crippen LogP contribution in [0.2, 0.25) is 0 Å². The van der Waals surface area contributed by atoms with Gasteiger partial charge in [0, 0.05) is 13.1 Å². The highest BCUT2D eigenvalue weighted by Gasteiger charge is 2.27. The molecule has 1 amide bonds. The zero-order valence-corrected chi connectivity index (χ0v) is 17.1. The predicted octanol–water partition coefficient (Wildman–Crippen LogP) is 2.74. The molecular weight excluding hydrogens is 360 g/mol. The molecule has 2 rings (SSSR count). The lowest BCUT2D eigenvalue weighted by atomic mass is 10.1. The summed E-state index contributed by atoms with van der Waals surface area (Å²) in [6, 6.07) is 8.68. The molecule has 1 aromatic carbocycles. The van der Waals surface area contributed by atoms with Crippen molar-refractivity contribution >= 4 is 12.1 Å². The first kappa shape index (κ1) is 22.2. The van der Waals surface area contributed by atoms with Crippen molar-refractivity contribution < 1.29 is 23.8 Å². The van der Waals surface area contributed by atoms with E-state index in [1.54, 1.807) is 0 Å². The van der Waals surface area contributed by atoms with Crippen LogP contribution in [0, 0.1) is 0 Å². The van der Waals surface area contributed by atoms with Crippen molar-refractivity contribution in [1.29, 1.82) is 0 Å².